The van der Waals surface area contributed by atoms with E-state index in [0.29, 0.717) is 37.3 Å². The van der Waals surface area contributed by atoms with Crippen molar-refractivity contribution in [3.8, 4) is 11.3 Å². The first-order chi connectivity index (χ1) is 16.7. The third-order valence-electron chi connectivity index (χ3n) is 5.56. The number of benzene rings is 1. The molecule has 0 spiro atoms. The highest BCUT2D eigenvalue weighted by atomic mass is 35.5. The van der Waals surface area contributed by atoms with Crippen LogP contribution in [0.15, 0.2) is 24.3 Å². The predicted octanol–water partition coefficient (Wildman–Crippen LogP) is 5.87. The van der Waals surface area contributed by atoms with Crippen molar-refractivity contribution in [1.82, 2.24) is 19.9 Å². The number of amides is 1. The van der Waals surface area contributed by atoms with Crippen LogP contribution in [-0.2, 0) is 10.9 Å². The van der Waals surface area contributed by atoms with E-state index in [1.807, 2.05) is 0 Å². The number of alkyl halides is 3. The molecule has 0 bridgehead atoms. The maximum Gasteiger partial charge on any atom is 0.418 e. The van der Waals surface area contributed by atoms with Crippen LogP contribution in [0.5, 0.6) is 0 Å². The van der Waals surface area contributed by atoms with E-state index in [1.165, 1.54) is 18.2 Å². The molecule has 1 aromatic carbocycles. The highest BCUT2D eigenvalue weighted by Gasteiger charge is 2.35. The summed E-state index contributed by atoms with van der Waals surface area (Å²) in [5.74, 6) is 0.239. The number of hydrogen-bond acceptors (Lipinski definition) is 6. The number of piperazine rings is 1. The Morgan fingerprint density at radius 1 is 1.03 bits per heavy atom. The van der Waals surface area contributed by atoms with E-state index in [0.717, 1.165) is 6.07 Å². The Kier molecular flexibility index (Phi) is 6.72. The Bertz CT molecular complexity index is 1320. The van der Waals surface area contributed by atoms with E-state index < -0.39 is 29.5 Å². The zero-order valence-corrected chi connectivity index (χ0v) is 20.8. The largest absolute Gasteiger partial charge is 0.444 e. The van der Waals surface area contributed by atoms with Gasteiger partial charge in [-0.2, -0.15) is 22.5 Å². The van der Waals surface area contributed by atoms with Crippen LogP contribution in [-0.4, -0.2) is 57.7 Å². The van der Waals surface area contributed by atoms with Gasteiger partial charge in [0, 0.05) is 42.8 Å². The molecule has 3 heterocycles. The summed E-state index contributed by atoms with van der Waals surface area (Å²) >= 11 is 6.44. The molecule has 192 valence electrons. The zero-order chi connectivity index (χ0) is 26.4. The number of hydrogen-bond donors (Lipinski definition) is 0. The molecule has 3 aromatic rings. The number of aromatic nitrogens is 3. The lowest BCUT2D eigenvalue weighted by Crippen LogP contribution is -2.50. The molecular formula is C24H24ClF4N5O2. The number of fused-ring (bicyclic) bond motifs is 1. The number of carbonyl (C=O) groups excluding carboxylic acids is 1. The molecule has 0 radical (unpaired) electrons. The van der Waals surface area contributed by atoms with Crippen LogP contribution in [0.4, 0.5) is 28.2 Å². The summed E-state index contributed by atoms with van der Waals surface area (Å²) in [7, 11) is 0. The second-order valence-electron chi connectivity index (χ2n) is 9.47. The first kappa shape index (κ1) is 25.9. The molecular weight excluding hydrogens is 502 g/mol. The predicted molar refractivity (Wildman–Crippen MR) is 127 cm³/mol. The molecule has 1 amide bonds. The molecule has 0 atom stereocenters. The number of nitrogens with zero attached hydrogens (tertiary/aromatic N) is 5. The summed E-state index contributed by atoms with van der Waals surface area (Å²) in [6.45, 7) is 8.20. The quantitative estimate of drug-likeness (QED) is 0.308. The number of anilines is 1. The molecule has 0 aliphatic carbocycles. The standard InChI is InChI=1S/C24H24ClF4N5O2/c1-13-5-6-16(24(27,28)29)19(30-13)14-12-18-15(11-17(14)25)20(32-21(26)31-18)33-7-9-34(10-8-33)22(35)36-23(2,3)4/h5-6,11-12H,7-10H2,1-4H3. The van der Waals surface area contributed by atoms with Crippen molar-refractivity contribution in [2.45, 2.75) is 39.5 Å². The van der Waals surface area contributed by atoms with Crippen LogP contribution >= 0.6 is 11.6 Å². The maximum absolute atomic E-state index is 14.4. The molecule has 0 unspecified atom stereocenters. The Labute approximate surface area is 210 Å². The molecule has 1 saturated heterocycles. The van der Waals surface area contributed by atoms with E-state index in [2.05, 4.69) is 15.0 Å². The average Bonchev–Trinajstić information content (AvgIpc) is 2.76. The maximum atomic E-state index is 14.4. The van der Waals surface area contributed by atoms with Crippen LogP contribution in [0, 0.1) is 13.0 Å². The molecule has 12 heteroatoms. The number of pyridine rings is 1. The van der Waals surface area contributed by atoms with Gasteiger partial charge in [-0.25, -0.2) is 9.78 Å². The number of carbonyl (C=O) groups is 1. The summed E-state index contributed by atoms with van der Waals surface area (Å²) in [4.78, 5) is 27.5. The lowest BCUT2D eigenvalue weighted by Gasteiger charge is -2.36. The van der Waals surface area contributed by atoms with E-state index in [1.54, 1.807) is 37.5 Å². The van der Waals surface area contributed by atoms with Crippen LogP contribution in [0.3, 0.4) is 0 Å². The van der Waals surface area contributed by atoms with Gasteiger partial charge in [0.1, 0.15) is 11.4 Å². The Morgan fingerprint density at radius 2 is 1.69 bits per heavy atom. The average molecular weight is 526 g/mol. The van der Waals surface area contributed by atoms with Crippen LogP contribution in [0.2, 0.25) is 5.02 Å². The Morgan fingerprint density at radius 3 is 2.31 bits per heavy atom. The molecule has 4 rings (SSSR count). The van der Waals surface area contributed by atoms with Gasteiger partial charge < -0.3 is 14.5 Å². The summed E-state index contributed by atoms with van der Waals surface area (Å²) < 4.78 is 60.8. The molecule has 1 aliphatic heterocycles. The van der Waals surface area contributed by atoms with Gasteiger partial charge in [0.15, 0.2) is 0 Å². The topological polar surface area (TPSA) is 71.5 Å². The van der Waals surface area contributed by atoms with Crippen molar-refractivity contribution in [2.24, 2.45) is 0 Å². The second kappa shape index (κ2) is 9.34. The molecule has 7 nitrogen and oxygen atoms in total. The van der Waals surface area contributed by atoms with Crippen molar-refractivity contribution in [1.29, 1.82) is 0 Å². The zero-order valence-electron chi connectivity index (χ0n) is 20.1. The molecule has 2 aromatic heterocycles. The Balaban J connectivity index is 1.70. The van der Waals surface area contributed by atoms with Crippen LogP contribution in [0.25, 0.3) is 22.2 Å². The highest BCUT2D eigenvalue weighted by Crippen LogP contribution is 2.40. The van der Waals surface area contributed by atoms with Crippen molar-refractivity contribution < 1.29 is 27.1 Å². The van der Waals surface area contributed by atoms with Gasteiger partial charge in [0.25, 0.3) is 0 Å². The second-order valence-corrected chi connectivity index (χ2v) is 9.87. The minimum atomic E-state index is -4.66. The van der Waals surface area contributed by atoms with Gasteiger partial charge in [-0.15, -0.1) is 0 Å². The van der Waals surface area contributed by atoms with Gasteiger partial charge in [-0.1, -0.05) is 11.6 Å². The fourth-order valence-corrected chi connectivity index (χ4v) is 4.20. The third-order valence-corrected chi connectivity index (χ3v) is 5.88. The molecule has 36 heavy (non-hydrogen) atoms. The Hall–Kier alpha value is -3.21. The normalized spacial score (nSPS) is 14.9. The van der Waals surface area contributed by atoms with Gasteiger partial charge in [-0.3, -0.25) is 4.98 Å². The number of ether oxygens (including phenoxy) is 1. The summed E-state index contributed by atoms with van der Waals surface area (Å²) in [5.41, 5.74) is -1.51. The van der Waals surface area contributed by atoms with Crippen molar-refractivity contribution in [3.05, 3.63) is 46.6 Å². The molecule has 0 N–H and O–H groups in total. The van der Waals surface area contributed by atoms with Crippen molar-refractivity contribution >= 4 is 34.4 Å². The fraction of sp³-hybridized carbons (Fsp3) is 0.417. The van der Waals surface area contributed by atoms with Gasteiger partial charge in [0.2, 0.25) is 0 Å². The van der Waals surface area contributed by atoms with E-state index in [4.69, 9.17) is 16.3 Å². The first-order valence-electron chi connectivity index (χ1n) is 11.2. The summed E-state index contributed by atoms with van der Waals surface area (Å²) in [6, 6.07) is 4.91. The van der Waals surface area contributed by atoms with Crippen molar-refractivity contribution in [2.75, 3.05) is 31.1 Å². The SMILES string of the molecule is Cc1ccc(C(F)(F)F)c(-c2cc3nc(F)nc(N4CCN(C(=O)OC(C)(C)C)CC4)c3cc2Cl)n1. The molecule has 0 saturated carbocycles. The molecule has 1 aliphatic rings. The minimum Gasteiger partial charge on any atom is -0.444 e. The lowest BCUT2D eigenvalue weighted by molar-refractivity contribution is -0.137. The van der Waals surface area contributed by atoms with Gasteiger partial charge in [-0.05, 0) is 52.0 Å². The van der Waals surface area contributed by atoms with Crippen LogP contribution < -0.4 is 4.90 Å². The number of rotatable bonds is 2. The fourth-order valence-electron chi connectivity index (χ4n) is 3.95. The number of aryl methyl sites for hydroxylation is 1. The van der Waals surface area contributed by atoms with Gasteiger partial charge in [0.05, 0.1) is 21.8 Å². The van der Waals surface area contributed by atoms with E-state index >= 15 is 0 Å². The highest BCUT2D eigenvalue weighted by molar-refractivity contribution is 6.34. The number of halogens is 5. The van der Waals surface area contributed by atoms with Crippen LogP contribution in [0.1, 0.15) is 32.0 Å². The molecule has 1 fully saturated rings. The van der Waals surface area contributed by atoms with E-state index in [-0.39, 0.29) is 27.6 Å². The monoisotopic (exact) mass is 525 g/mol. The summed E-state index contributed by atoms with van der Waals surface area (Å²) in [6.07, 6.45) is -6.14. The minimum absolute atomic E-state index is 0.00468. The smallest absolute Gasteiger partial charge is 0.418 e. The van der Waals surface area contributed by atoms with E-state index in [9.17, 15) is 22.4 Å². The lowest BCUT2D eigenvalue weighted by atomic mass is 10.0. The first-order valence-corrected chi connectivity index (χ1v) is 11.6. The van der Waals surface area contributed by atoms with Crippen molar-refractivity contribution in [3.63, 3.8) is 0 Å². The third kappa shape index (κ3) is 5.45. The summed E-state index contributed by atoms with van der Waals surface area (Å²) in [5, 5.41) is 0.368. The van der Waals surface area contributed by atoms with Gasteiger partial charge >= 0.3 is 18.3 Å².